The molecule has 0 unspecified atom stereocenters. The lowest BCUT2D eigenvalue weighted by molar-refractivity contribution is 1.91. The summed E-state index contributed by atoms with van der Waals surface area (Å²) in [5.41, 5.74) is 0. The highest BCUT2D eigenvalue weighted by Gasteiger charge is 1.81. The minimum Gasteiger partial charge on any atom is -0.106 e. The molecule has 24 valence electrons. The van der Waals surface area contributed by atoms with Gasteiger partial charge in [0.05, 0.1) is 0 Å². The van der Waals surface area contributed by atoms with Gasteiger partial charge in [-0.1, -0.05) is 0 Å². The molecule has 0 fully saturated rings. The molecule has 0 aromatic rings. The highest BCUT2D eigenvalue weighted by atomic mass is 12.3. The lowest BCUT2D eigenvalue weighted by Crippen LogP contribution is -1.84. The standard InChI is InChI=1S/3CH3.Al/h3*1H3;/i;;;1-25. The van der Waals surface area contributed by atoms with Crippen molar-refractivity contribution in [3.05, 3.63) is 0 Å². The van der Waals surface area contributed by atoms with Crippen LogP contribution in [0.1, 0.15) is 0 Å². The van der Waals surface area contributed by atoms with Crippen molar-refractivity contribution < 1.29 is 0 Å². The predicted molar refractivity (Wildman–Crippen MR) is 23.3 cm³/mol. The molecule has 0 nitrogen and oxygen atoms in total. The van der Waals surface area contributed by atoms with Crippen LogP contribution in [-0.4, -0.2) is 14.1 Å². The van der Waals surface area contributed by atoms with Gasteiger partial charge in [-0.2, -0.15) is 0 Å². The normalized spacial score (nSPS) is 6.75. The van der Waals surface area contributed by atoms with Crippen LogP contribution in [0.15, 0.2) is 0 Å². The summed E-state index contributed by atoms with van der Waals surface area (Å²) in [5, 5.41) is 0. The van der Waals surface area contributed by atoms with E-state index in [0.29, 0.717) is 0 Å². The molecule has 0 spiro atoms. The van der Waals surface area contributed by atoms with Crippen molar-refractivity contribution in [1.29, 1.82) is 0 Å². The van der Waals surface area contributed by atoms with Crippen LogP contribution < -0.4 is 0 Å². The minimum atomic E-state index is -0.139. The van der Waals surface area contributed by atoms with Crippen molar-refractivity contribution in [2.75, 3.05) is 0 Å². The van der Waals surface area contributed by atoms with Crippen LogP contribution in [0.3, 0.4) is 0 Å². The monoisotopic (exact) mass is 47.1 g/mol. The van der Waals surface area contributed by atoms with Crippen LogP contribution in [0.25, 0.3) is 0 Å². The summed E-state index contributed by atoms with van der Waals surface area (Å²) in [6.45, 7) is 0. The van der Waals surface area contributed by atoms with Crippen molar-refractivity contribution in [2.45, 2.75) is 17.4 Å². The van der Waals surface area contributed by atoms with Crippen molar-refractivity contribution in [1.82, 2.24) is 0 Å². The second kappa shape index (κ2) is 1.82. The van der Waals surface area contributed by atoms with Crippen LogP contribution in [0.2, 0.25) is 17.4 Å². The summed E-state index contributed by atoms with van der Waals surface area (Å²) >= 11 is -0.139. The lowest BCUT2D eigenvalue weighted by atomic mass is 1.71. The summed E-state index contributed by atoms with van der Waals surface area (Å²) in [6, 6.07) is 0. The Kier molecular flexibility index (Phi) is 2.06. The van der Waals surface area contributed by atoms with Gasteiger partial charge in [0.1, 0.15) is 0 Å². The summed E-state index contributed by atoms with van der Waals surface area (Å²) in [7, 11) is 0. The maximum atomic E-state index is 2.31. The molecular formula is C3H9Al. The topological polar surface area (TPSA) is 0 Å². The first-order valence-electron chi connectivity index (χ1n) is 1.73. The number of hydrogen-bond acceptors (Lipinski definition) is 0. The molecular weight excluding hydrogens is 38.0 g/mol. The van der Waals surface area contributed by atoms with E-state index < -0.39 is 0 Å². The molecule has 0 aromatic heterocycles. The highest BCUT2D eigenvalue weighted by Crippen LogP contribution is 1.68. The fourth-order valence-electron chi connectivity index (χ4n) is 0. The number of rotatable bonds is 0. The van der Waals surface area contributed by atoms with Crippen molar-refractivity contribution in [3.63, 3.8) is 0 Å². The molecule has 0 radical (unpaired) electrons. The van der Waals surface area contributed by atoms with Crippen LogP contribution in [0, 0.1) is 0 Å². The molecule has 4 heavy (non-hydrogen) atoms. The Morgan fingerprint density at radius 2 is 1.00 bits per heavy atom. The van der Waals surface area contributed by atoms with Crippen molar-refractivity contribution in [3.8, 4) is 0 Å². The Balaban J connectivity index is 2.32. The van der Waals surface area contributed by atoms with E-state index in [4.69, 9.17) is 0 Å². The van der Waals surface area contributed by atoms with E-state index >= 15 is 0 Å². The summed E-state index contributed by atoms with van der Waals surface area (Å²) in [4.78, 5) is 0. The van der Waals surface area contributed by atoms with Crippen LogP contribution in [-0.2, 0) is 0 Å². The van der Waals surface area contributed by atoms with E-state index in [1.807, 2.05) is 0 Å². The molecule has 0 aliphatic heterocycles. The second-order valence-electron chi connectivity index (χ2n) is 1.73. The molecule has 0 bridgehead atoms. The SMILES string of the molecule is [CH3][2Al]([CH3])[CH3]. The Bertz CT molecular complexity index is 8.00. The fourth-order valence-corrected chi connectivity index (χ4v) is 0. The maximum absolute atomic E-state index is 2.31. The highest BCUT2D eigenvalue weighted by molar-refractivity contribution is 6.54. The molecule has 0 saturated carbocycles. The first-order chi connectivity index (χ1) is 1.73. The first kappa shape index (κ1) is 4.53. The van der Waals surface area contributed by atoms with Crippen molar-refractivity contribution in [2.24, 2.45) is 0 Å². The molecule has 0 saturated heterocycles. The van der Waals surface area contributed by atoms with Gasteiger partial charge in [0, 0.05) is 0 Å². The zero-order valence-corrected chi connectivity index (χ0v) is 4.73. The predicted octanol–water partition coefficient (Wildman–Crippen LogP) is 1.37. The van der Waals surface area contributed by atoms with Gasteiger partial charge in [-0.25, -0.2) is 0 Å². The van der Waals surface area contributed by atoms with Gasteiger partial charge in [-0.15, -0.1) is 17.4 Å². The average Bonchev–Trinajstić information content (AvgIpc) is 0.811. The first-order valence-corrected chi connectivity index (χ1v) is 5.20. The fraction of sp³-hybridized carbons (Fsp3) is 1.00. The Morgan fingerprint density at radius 3 is 1.00 bits per heavy atom. The van der Waals surface area contributed by atoms with Crippen LogP contribution >= 0.6 is 0 Å². The Morgan fingerprint density at radius 1 is 1.00 bits per heavy atom. The molecule has 0 aliphatic rings. The van der Waals surface area contributed by atoms with Gasteiger partial charge >= 0.3 is 0 Å². The van der Waals surface area contributed by atoms with Crippen LogP contribution in [0.5, 0.6) is 0 Å². The molecule has 0 amide bonds. The molecule has 0 aliphatic carbocycles. The molecule has 0 aromatic carbocycles. The Hall–Kier alpha value is 0.532. The minimum absolute atomic E-state index is 0.139. The number of hydrogen-bond donors (Lipinski definition) is 0. The summed E-state index contributed by atoms with van der Waals surface area (Å²) in [5.74, 6) is 6.92. The third kappa shape index (κ3) is 21.0. The zero-order chi connectivity index (χ0) is 3.58. The third-order valence-corrected chi connectivity index (χ3v) is 0. The largest absolute Gasteiger partial charge is 0.251 e. The van der Waals surface area contributed by atoms with E-state index in [2.05, 4.69) is 17.4 Å². The smallest absolute Gasteiger partial charge is 0.106 e. The van der Waals surface area contributed by atoms with E-state index in [1.165, 1.54) is 0 Å². The van der Waals surface area contributed by atoms with Gasteiger partial charge in [-0.05, 0) is 0 Å². The van der Waals surface area contributed by atoms with Gasteiger partial charge in [0.15, 0.2) is 0 Å². The molecule has 1 heteroatoms. The van der Waals surface area contributed by atoms with Gasteiger partial charge in [0.2, 0.25) is 0 Å². The Labute approximate surface area is 32.2 Å². The molecule has 0 rings (SSSR count). The lowest BCUT2D eigenvalue weighted by Gasteiger charge is -1.67. The summed E-state index contributed by atoms with van der Waals surface area (Å²) < 4.78 is 0. The van der Waals surface area contributed by atoms with Gasteiger partial charge in [0.25, 0.3) is 14.1 Å². The van der Waals surface area contributed by atoms with E-state index in [-0.39, 0.29) is 14.1 Å². The van der Waals surface area contributed by atoms with E-state index in [0.717, 1.165) is 0 Å². The molecule has 0 N–H and O–H groups in total. The summed E-state index contributed by atoms with van der Waals surface area (Å²) in [6.07, 6.45) is 0. The quantitative estimate of drug-likeness (QED) is 0.362. The molecule has 0 atom stereocenters. The van der Waals surface area contributed by atoms with Crippen LogP contribution in [0.4, 0.5) is 0 Å². The maximum Gasteiger partial charge on any atom is 0.251 e. The third-order valence-electron chi connectivity index (χ3n) is 0. The zero-order valence-electron chi connectivity index (χ0n) is 3.58. The second-order valence-corrected chi connectivity index (χ2v) is 5.20. The van der Waals surface area contributed by atoms with Gasteiger partial charge in [-0.3, -0.25) is 0 Å². The van der Waals surface area contributed by atoms with E-state index in [9.17, 15) is 0 Å². The molecule has 0 heterocycles. The average molecular weight is 47.1 g/mol. The van der Waals surface area contributed by atoms with Gasteiger partial charge < -0.3 is 0 Å². The van der Waals surface area contributed by atoms with Crippen molar-refractivity contribution >= 4 is 14.1 Å². The van der Waals surface area contributed by atoms with E-state index in [1.54, 1.807) is 0 Å².